The summed E-state index contributed by atoms with van der Waals surface area (Å²) in [6.07, 6.45) is -1.32. The number of sulfonamides is 1. The van der Waals surface area contributed by atoms with Crippen LogP contribution >= 0.6 is 0 Å². The molecule has 12 heteroatoms. The molecule has 0 radical (unpaired) electrons. The van der Waals surface area contributed by atoms with Crippen molar-refractivity contribution in [3.63, 3.8) is 0 Å². The molecule has 9 nitrogen and oxygen atoms in total. The number of ether oxygens (including phenoxy) is 1. The van der Waals surface area contributed by atoms with Crippen LogP contribution in [0.1, 0.15) is 34.4 Å². The Labute approximate surface area is 223 Å². The Morgan fingerprint density at radius 3 is 2.44 bits per heavy atom. The van der Waals surface area contributed by atoms with Gasteiger partial charge in [0.1, 0.15) is 23.2 Å². The average Bonchev–Trinajstić information content (AvgIpc) is 3.37. The maximum atomic E-state index is 13.9. The summed E-state index contributed by atoms with van der Waals surface area (Å²) in [6.45, 7) is 0. The maximum Gasteiger partial charge on any atom is 0.262 e. The van der Waals surface area contributed by atoms with Crippen LogP contribution in [0.5, 0.6) is 5.75 Å². The van der Waals surface area contributed by atoms with E-state index in [2.05, 4.69) is 20.5 Å². The van der Waals surface area contributed by atoms with Gasteiger partial charge in [0.25, 0.3) is 22.4 Å². The Morgan fingerprint density at radius 2 is 1.74 bits per heavy atom. The molecule has 0 fully saturated rings. The van der Waals surface area contributed by atoms with E-state index in [9.17, 15) is 22.0 Å². The summed E-state index contributed by atoms with van der Waals surface area (Å²) >= 11 is 0. The number of halogens is 2. The number of hydrogen-bond acceptors (Lipinski definition) is 6. The number of fused-ring (bicyclic) bond motifs is 1. The monoisotopic (exact) mass is 553 g/mol. The van der Waals surface area contributed by atoms with E-state index in [0.29, 0.717) is 11.4 Å². The fourth-order valence-corrected chi connectivity index (χ4v) is 5.52. The number of carbonyl (C=O) groups is 1. The van der Waals surface area contributed by atoms with Crippen molar-refractivity contribution in [3.8, 4) is 5.75 Å². The van der Waals surface area contributed by atoms with E-state index in [1.165, 1.54) is 37.6 Å². The number of methoxy groups -OCH3 is 1. The van der Waals surface area contributed by atoms with Crippen LogP contribution < -0.4 is 20.1 Å². The van der Waals surface area contributed by atoms with Gasteiger partial charge < -0.3 is 15.4 Å². The molecule has 3 aromatic carbocycles. The molecule has 0 bridgehead atoms. The summed E-state index contributed by atoms with van der Waals surface area (Å²) in [5.74, 6) is -0.0157. The lowest BCUT2D eigenvalue weighted by Gasteiger charge is -2.32. The number of carbonyl (C=O) groups excluding carboxylic acids is 1. The van der Waals surface area contributed by atoms with Gasteiger partial charge in [-0.05, 0) is 48.4 Å². The van der Waals surface area contributed by atoms with Crippen LogP contribution in [0.2, 0.25) is 0 Å². The number of amides is 1. The van der Waals surface area contributed by atoms with Crippen molar-refractivity contribution in [3.05, 3.63) is 96.2 Å². The van der Waals surface area contributed by atoms with Crippen LogP contribution in [0.25, 0.3) is 0 Å². The number of benzene rings is 3. The zero-order chi connectivity index (χ0) is 27.6. The third kappa shape index (κ3) is 5.41. The number of anilines is 3. The van der Waals surface area contributed by atoms with Gasteiger partial charge >= 0.3 is 0 Å². The summed E-state index contributed by atoms with van der Waals surface area (Å²) < 4.78 is 62.3. The molecule has 2 heterocycles. The Hall–Kier alpha value is -4.45. The molecule has 39 heavy (non-hydrogen) atoms. The zero-order valence-electron chi connectivity index (χ0n) is 20.7. The lowest BCUT2D eigenvalue weighted by molar-refractivity contribution is 0.0657. The summed E-state index contributed by atoms with van der Waals surface area (Å²) in [6, 6.07) is 19.7. The highest BCUT2D eigenvalue weighted by atomic mass is 32.2. The van der Waals surface area contributed by atoms with E-state index in [0.717, 1.165) is 10.2 Å². The first-order valence-corrected chi connectivity index (χ1v) is 13.5. The molecule has 1 aliphatic rings. The topological polar surface area (TPSA) is 114 Å². The highest BCUT2D eigenvalue weighted by molar-refractivity contribution is 7.92. The molecule has 3 N–H and O–H groups in total. The van der Waals surface area contributed by atoms with E-state index in [1.54, 1.807) is 24.3 Å². The Bertz CT molecular complexity index is 1580. The van der Waals surface area contributed by atoms with Crippen molar-refractivity contribution in [1.29, 1.82) is 0 Å². The first kappa shape index (κ1) is 26.2. The zero-order valence-corrected chi connectivity index (χ0v) is 21.5. The molecule has 0 spiro atoms. The fourth-order valence-electron chi connectivity index (χ4n) is 4.45. The normalized spacial score (nSPS) is 16.7. The second kappa shape index (κ2) is 10.7. The molecular weight excluding hydrogens is 528 g/mol. The van der Waals surface area contributed by atoms with Crippen molar-refractivity contribution in [2.75, 3.05) is 22.5 Å². The van der Waals surface area contributed by atoms with Crippen molar-refractivity contribution in [1.82, 2.24) is 9.78 Å². The van der Waals surface area contributed by atoms with E-state index in [4.69, 9.17) is 4.74 Å². The predicted octanol–water partition coefficient (Wildman–Crippen LogP) is 5.31. The van der Waals surface area contributed by atoms with Crippen molar-refractivity contribution in [2.24, 2.45) is 0 Å². The number of hydrogen-bond donors (Lipinski definition) is 3. The molecule has 0 aliphatic carbocycles. The SMILES string of the molecule is COc1ccccc1NS(=O)(=O)c1ccc(NC(=O)c2cnn3c2NC(c2ccccc2)CC3C(F)F)cc1. The van der Waals surface area contributed by atoms with Gasteiger partial charge in [0.05, 0.1) is 29.9 Å². The summed E-state index contributed by atoms with van der Waals surface area (Å²) in [5, 5.41) is 9.93. The maximum absolute atomic E-state index is 13.9. The molecule has 5 rings (SSSR count). The van der Waals surface area contributed by atoms with Crippen LogP contribution in [0.4, 0.5) is 26.0 Å². The van der Waals surface area contributed by atoms with Gasteiger partial charge in [-0.15, -0.1) is 0 Å². The minimum atomic E-state index is -3.93. The largest absolute Gasteiger partial charge is 0.495 e. The van der Waals surface area contributed by atoms with E-state index in [-0.39, 0.29) is 28.4 Å². The molecular formula is C27H25F2N5O4S. The minimum Gasteiger partial charge on any atom is -0.495 e. The van der Waals surface area contributed by atoms with Gasteiger partial charge in [-0.3, -0.25) is 9.52 Å². The van der Waals surface area contributed by atoms with Crippen molar-refractivity contribution >= 4 is 33.1 Å². The standard InChI is InChI=1S/C27H25F2N5O4S/c1-38-24-10-6-5-9-21(24)33-39(36,37)19-13-11-18(12-14-19)31-27(35)20-16-30-34-23(25(28)29)15-22(32-26(20)34)17-7-3-2-4-8-17/h2-14,16,22-23,25,32-33H,15H2,1H3,(H,31,35). The third-order valence-corrected chi connectivity index (χ3v) is 7.79. The van der Waals surface area contributed by atoms with Gasteiger partial charge in [0.15, 0.2) is 0 Å². The van der Waals surface area contributed by atoms with Crippen LogP contribution in [0.15, 0.2) is 90.0 Å². The molecule has 0 saturated heterocycles. The van der Waals surface area contributed by atoms with Gasteiger partial charge in [0, 0.05) is 5.69 Å². The highest BCUT2D eigenvalue weighted by Crippen LogP contribution is 2.39. The van der Waals surface area contributed by atoms with Crippen LogP contribution in [0.3, 0.4) is 0 Å². The number of alkyl halides is 2. The first-order valence-electron chi connectivity index (χ1n) is 12.0. The fraction of sp³-hybridized carbons (Fsp3) is 0.185. The number of nitrogens with zero attached hydrogens (tertiary/aromatic N) is 2. The smallest absolute Gasteiger partial charge is 0.262 e. The molecule has 1 aromatic heterocycles. The lowest BCUT2D eigenvalue weighted by atomic mass is 9.97. The number of para-hydroxylation sites is 2. The van der Waals surface area contributed by atoms with Gasteiger partial charge in [-0.1, -0.05) is 42.5 Å². The van der Waals surface area contributed by atoms with Crippen molar-refractivity contribution < 1.29 is 26.7 Å². The molecule has 2 unspecified atom stereocenters. The van der Waals surface area contributed by atoms with Crippen LogP contribution in [0, 0.1) is 0 Å². The highest BCUT2D eigenvalue weighted by Gasteiger charge is 2.36. The summed E-state index contributed by atoms with van der Waals surface area (Å²) in [4.78, 5) is 13.1. The van der Waals surface area contributed by atoms with Gasteiger partial charge in [-0.2, -0.15) is 5.10 Å². The average molecular weight is 554 g/mol. The van der Waals surface area contributed by atoms with Gasteiger partial charge in [-0.25, -0.2) is 21.9 Å². The quantitative estimate of drug-likeness (QED) is 0.273. The first-order chi connectivity index (χ1) is 18.8. The van der Waals surface area contributed by atoms with Crippen molar-refractivity contribution in [2.45, 2.75) is 29.8 Å². The second-order valence-corrected chi connectivity index (χ2v) is 10.6. The molecule has 202 valence electrons. The molecule has 2 atom stereocenters. The Kier molecular flexibility index (Phi) is 7.20. The summed E-state index contributed by atoms with van der Waals surface area (Å²) in [5.41, 5.74) is 1.51. The molecule has 4 aromatic rings. The van der Waals surface area contributed by atoms with E-state index in [1.807, 2.05) is 30.3 Å². The third-order valence-electron chi connectivity index (χ3n) is 6.41. The summed E-state index contributed by atoms with van der Waals surface area (Å²) in [7, 11) is -2.49. The number of nitrogens with one attached hydrogen (secondary N) is 3. The molecule has 1 aliphatic heterocycles. The van der Waals surface area contributed by atoms with E-state index >= 15 is 0 Å². The predicted molar refractivity (Wildman–Crippen MR) is 143 cm³/mol. The molecule has 1 amide bonds. The van der Waals surface area contributed by atoms with Crippen LogP contribution in [-0.4, -0.2) is 37.6 Å². The number of rotatable bonds is 8. The second-order valence-electron chi connectivity index (χ2n) is 8.88. The Balaban J connectivity index is 1.34. The number of aromatic nitrogens is 2. The molecule has 0 saturated carbocycles. The van der Waals surface area contributed by atoms with Crippen LogP contribution in [-0.2, 0) is 10.0 Å². The van der Waals surface area contributed by atoms with Gasteiger partial charge in [0.2, 0.25) is 0 Å². The Morgan fingerprint density at radius 1 is 1.05 bits per heavy atom. The minimum absolute atomic E-state index is 0.0264. The van der Waals surface area contributed by atoms with E-state index < -0.39 is 34.4 Å². The lowest BCUT2D eigenvalue weighted by Crippen LogP contribution is -2.31.